The molecular formula is C14H19ClN4S. The Labute approximate surface area is 128 Å². The Morgan fingerprint density at radius 3 is 2.85 bits per heavy atom. The average Bonchev–Trinajstić information content (AvgIpc) is 2.84. The van der Waals surface area contributed by atoms with Crippen molar-refractivity contribution in [3.8, 4) is 0 Å². The van der Waals surface area contributed by atoms with E-state index in [1.807, 2.05) is 0 Å². The highest BCUT2D eigenvalue weighted by Gasteiger charge is 2.19. The summed E-state index contributed by atoms with van der Waals surface area (Å²) in [6, 6.07) is 2.67. The van der Waals surface area contributed by atoms with E-state index >= 15 is 0 Å². The van der Waals surface area contributed by atoms with Gasteiger partial charge in [0.2, 0.25) is 5.28 Å². The molecule has 0 bridgehead atoms. The molecule has 4 nitrogen and oxygen atoms in total. The summed E-state index contributed by atoms with van der Waals surface area (Å²) in [5.74, 6) is 0.894. The first kappa shape index (κ1) is 14.0. The van der Waals surface area contributed by atoms with Crippen LogP contribution in [-0.4, -0.2) is 41.0 Å². The molecule has 0 unspecified atom stereocenters. The molecule has 1 saturated heterocycles. The second-order valence-corrected chi connectivity index (χ2v) is 6.80. The van der Waals surface area contributed by atoms with E-state index in [1.165, 1.54) is 4.88 Å². The number of thiophene rings is 1. The number of nitrogens with one attached hydrogen (secondary N) is 1. The first-order valence-corrected chi connectivity index (χ1v) is 8.26. The third-order valence-electron chi connectivity index (χ3n) is 3.82. The van der Waals surface area contributed by atoms with Crippen LogP contribution in [0.1, 0.15) is 24.6 Å². The molecule has 0 radical (unpaired) electrons. The van der Waals surface area contributed by atoms with Gasteiger partial charge in [0.15, 0.2) is 0 Å². The van der Waals surface area contributed by atoms with E-state index in [2.05, 4.69) is 40.2 Å². The smallest absolute Gasteiger partial charge is 0.225 e. The van der Waals surface area contributed by atoms with Crippen LogP contribution in [0.2, 0.25) is 5.28 Å². The third kappa shape index (κ3) is 2.90. The molecule has 1 aliphatic rings. The summed E-state index contributed by atoms with van der Waals surface area (Å²) in [5, 5.41) is 5.00. The Bertz CT molecular complexity index is 604. The standard InChI is InChI=1S/C14H19ClN4S/c1-3-10-8-11-12(17-14(15)18-13(11)20-10)16-9-4-6-19(2)7-5-9/h8-9H,3-7H2,1-2H3,(H,16,17,18). The van der Waals surface area contributed by atoms with Crippen molar-refractivity contribution in [2.75, 3.05) is 25.5 Å². The van der Waals surface area contributed by atoms with Crippen LogP contribution >= 0.6 is 22.9 Å². The van der Waals surface area contributed by atoms with Crippen molar-refractivity contribution in [3.05, 3.63) is 16.2 Å². The highest BCUT2D eigenvalue weighted by atomic mass is 35.5. The van der Waals surface area contributed by atoms with Crippen LogP contribution in [-0.2, 0) is 6.42 Å². The number of hydrogen-bond donors (Lipinski definition) is 1. The van der Waals surface area contributed by atoms with Crippen molar-refractivity contribution in [1.29, 1.82) is 0 Å². The van der Waals surface area contributed by atoms with Crippen LogP contribution < -0.4 is 5.32 Å². The molecule has 1 N–H and O–H groups in total. The highest BCUT2D eigenvalue weighted by Crippen LogP contribution is 2.31. The lowest BCUT2D eigenvalue weighted by Gasteiger charge is -2.29. The number of anilines is 1. The fourth-order valence-electron chi connectivity index (χ4n) is 2.58. The molecule has 0 saturated carbocycles. The number of aryl methyl sites for hydroxylation is 1. The van der Waals surface area contributed by atoms with Crippen molar-refractivity contribution in [1.82, 2.24) is 14.9 Å². The number of halogens is 1. The second kappa shape index (κ2) is 5.84. The minimum Gasteiger partial charge on any atom is -0.367 e. The Morgan fingerprint density at radius 2 is 2.15 bits per heavy atom. The molecule has 0 atom stereocenters. The van der Waals surface area contributed by atoms with Gasteiger partial charge >= 0.3 is 0 Å². The lowest BCUT2D eigenvalue weighted by atomic mass is 10.1. The molecule has 2 aromatic rings. The Balaban J connectivity index is 1.88. The van der Waals surface area contributed by atoms with Crippen LogP contribution in [0.5, 0.6) is 0 Å². The maximum atomic E-state index is 6.05. The summed E-state index contributed by atoms with van der Waals surface area (Å²) in [5.41, 5.74) is 0. The largest absolute Gasteiger partial charge is 0.367 e. The van der Waals surface area contributed by atoms with E-state index in [-0.39, 0.29) is 0 Å². The number of likely N-dealkylation sites (tertiary alicyclic amines) is 1. The van der Waals surface area contributed by atoms with Gasteiger partial charge in [0, 0.05) is 10.9 Å². The lowest BCUT2D eigenvalue weighted by molar-refractivity contribution is 0.264. The summed E-state index contributed by atoms with van der Waals surface area (Å²) in [7, 11) is 2.17. The Hall–Kier alpha value is -0.910. The van der Waals surface area contributed by atoms with Gasteiger partial charge in [-0.3, -0.25) is 0 Å². The predicted molar refractivity (Wildman–Crippen MR) is 85.9 cm³/mol. The molecule has 1 fully saturated rings. The summed E-state index contributed by atoms with van der Waals surface area (Å²) >= 11 is 7.76. The van der Waals surface area contributed by atoms with E-state index in [1.54, 1.807) is 11.3 Å². The molecule has 2 aromatic heterocycles. The van der Waals surface area contributed by atoms with Crippen LogP contribution in [0.3, 0.4) is 0 Å². The number of aromatic nitrogens is 2. The van der Waals surface area contributed by atoms with Crippen LogP contribution in [0.15, 0.2) is 6.07 Å². The summed E-state index contributed by atoms with van der Waals surface area (Å²) in [4.78, 5) is 13.4. The average molecular weight is 311 g/mol. The van der Waals surface area contributed by atoms with Gasteiger partial charge in [0.25, 0.3) is 0 Å². The number of nitrogens with zero attached hydrogens (tertiary/aromatic N) is 3. The summed E-state index contributed by atoms with van der Waals surface area (Å²) < 4.78 is 0. The van der Waals surface area contributed by atoms with Crippen molar-refractivity contribution in [2.45, 2.75) is 32.2 Å². The quantitative estimate of drug-likeness (QED) is 0.882. The first-order valence-electron chi connectivity index (χ1n) is 7.06. The monoisotopic (exact) mass is 310 g/mol. The zero-order valence-corrected chi connectivity index (χ0v) is 13.4. The van der Waals surface area contributed by atoms with Crippen LogP contribution in [0.25, 0.3) is 10.2 Å². The molecule has 0 aliphatic carbocycles. The van der Waals surface area contributed by atoms with Crippen molar-refractivity contribution < 1.29 is 0 Å². The SMILES string of the molecule is CCc1cc2c(NC3CCN(C)CC3)nc(Cl)nc2s1. The fourth-order valence-corrected chi connectivity index (χ4v) is 3.76. The number of rotatable bonds is 3. The molecule has 108 valence electrons. The van der Waals surface area contributed by atoms with E-state index in [0.29, 0.717) is 11.3 Å². The molecule has 0 amide bonds. The van der Waals surface area contributed by atoms with E-state index in [0.717, 1.165) is 48.4 Å². The van der Waals surface area contributed by atoms with Gasteiger partial charge in [-0.15, -0.1) is 11.3 Å². The Kier molecular flexibility index (Phi) is 4.10. The van der Waals surface area contributed by atoms with E-state index in [9.17, 15) is 0 Å². The van der Waals surface area contributed by atoms with Gasteiger partial charge in [-0.1, -0.05) is 6.92 Å². The van der Waals surface area contributed by atoms with Gasteiger partial charge < -0.3 is 10.2 Å². The topological polar surface area (TPSA) is 41.0 Å². The minimum atomic E-state index is 0.331. The maximum Gasteiger partial charge on any atom is 0.225 e. The summed E-state index contributed by atoms with van der Waals surface area (Å²) in [6.45, 7) is 4.41. The zero-order chi connectivity index (χ0) is 14.1. The molecule has 1 aliphatic heterocycles. The Morgan fingerprint density at radius 1 is 1.40 bits per heavy atom. The van der Waals surface area contributed by atoms with Gasteiger partial charge in [0.1, 0.15) is 10.6 Å². The second-order valence-electron chi connectivity index (χ2n) is 5.35. The maximum absolute atomic E-state index is 6.05. The highest BCUT2D eigenvalue weighted by molar-refractivity contribution is 7.18. The van der Waals surface area contributed by atoms with Gasteiger partial charge in [-0.05, 0) is 57.1 Å². The normalized spacial score (nSPS) is 17.8. The first-order chi connectivity index (χ1) is 9.65. The van der Waals surface area contributed by atoms with E-state index < -0.39 is 0 Å². The lowest BCUT2D eigenvalue weighted by Crippen LogP contribution is -2.36. The molecule has 0 spiro atoms. The van der Waals surface area contributed by atoms with Gasteiger partial charge in [-0.2, -0.15) is 0 Å². The van der Waals surface area contributed by atoms with Gasteiger partial charge in [-0.25, -0.2) is 9.97 Å². The van der Waals surface area contributed by atoms with Crippen LogP contribution in [0, 0.1) is 0 Å². The van der Waals surface area contributed by atoms with Crippen LogP contribution in [0.4, 0.5) is 5.82 Å². The molecule has 20 heavy (non-hydrogen) atoms. The molecule has 6 heteroatoms. The number of fused-ring (bicyclic) bond motifs is 1. The van der Waals surface area contributed by atoms with E-state index in [4.69, 9.17) is 11.6 Å². The molecule has 0 aromatic carbocycles. The zero-order valence-electron chi connectivity index (χ0n) is 11.8. The number of piperidine rings is 1. The fraction of sp³-hybridized carbons (Fsp3) is 0.571. The van der Waals surface area contributed by atoms with Crippen molar-refractivity contribution in [2.24, 2.45) is 0 Å². The van der Waals surface area contributed by atoms with Gasteiger partial charge in [0.05, 0.1) is 5.39 Å². The minimum absolute atomic E-state index is 0.331. The molecule has 3 rings (SSSR count). The third-order valence-corrected chi connectivity index (χ3v) is 5.17. The summed E-state index contributed by atoms with van der Waals surface area (Å²) in [6.07, 6.45) is 3.31. The number of hydrogen-bond acceptors (Lipinski definition) is 5. The predicted octanol–water partition coefficient (Wildman–Crippen LogP) is 3.41. The molecule has 3 heterocycles. The van der Waals surface area contributed by atoms with Crippen molar-refractivity contribution in [3.63, 3.8) is 0 Å². The van der Waals surface area contributed by atoms with Crippen molar-refractivity contribution >= 4 is 39.0 Å². The molecular weight excluding hydrogens is 292 g/mol.